The summed E-state index contributed by atoms with van der Waals surface area (Å²) in [6, 6.07) is 0. The van der Waals surface area contributed by atoms with E-state index < -0.39 is 18.1 Å². The molecule has 0 heterocycles. The Morgan fingerprint density at radius 2 is 0.692 bits per heavy atom. The van der Waals surface area contributed by atoms with Crippen LogP contribution in [0.15, 0.2) is 0 Å². The number of rotatable bonds is 16. The van der Waals surface area contributed by atoms with Crippen molar-refractivity contribution in [2.75, 3.05) is 26.4 Å². The molecule has 0 aliphatic heterocycles. The first-order valence-corrected chi connectivity index (χ1v) is 13.1. The van der Waals surface area contributed by atoms with Crippen molar-refractivity contribution < 1.29 is 36.9 Å². The predicted octanol–water partition coefficient (Wildman–Crippen LogP) is 2.08. The summed E-state index contributed by atoms with van der Waals surface area (Å²) in [5.41, 5.74) is 0. The van der Waals surface area contributed by atoms with Crippen molar-refractivity contribution in [1.29, 1.82) is 0 Å². The van der Waals surface area contributed by atoms with E-state index in [-0.39, 0.29) is 0 Å². The molecule has 0 unspecified atom stereocenters. The second-order valence-corrected chi connectivity index (χ2v) is 9.26. The molecule has 0 aromatic carbocycles. The normalized spacial score (nSPS) is 12.0. The van der Waals surface area contributed by atoms with Gasteiger partial charge < -0.3 is 36.9 Å². The van der Waals surface area contributed by atoms with Crippen LogP contribution in [0.25, 0.3) is 0 Å². The lowest BCUT2D eigenvalue weighted by Crippen LogP contribution is -2.50. The summed E-state index contributed by atoms with van der Waals surface area (Å²) in [5.74, 6) is 0. The lowest BCUT2D eigenvalue weighted by Gasteiger charge is -2.28. The van der Waals surface area contributed by atoms with Crippen LogP contribution in [0.3, 0.4) is 0 Å². The third-order valence-electron chi connectivity index (χ3n) is 3.11. The molecule has 0 saturated heterocycles. The maximum Gasteiger partial charge on any atom is 0.679 e. The van der Waals surface area contributed by atoms with E-state index in [2.05, 4.69) is 27.7 Å². The van der Waals surface area contributed by atoms with Crippen molar-refractivity contribution in [2.45, 2.75) is 79.1 Å². The Hall–Kier alpha value is 0.114. The van der Waals surface area contributed by atoms with Crippen molar-refractivity contribution in [3.05, 3.63) is 0 Å². The monoisotopic (exact) mass is 416 g/mol. The van der Waals surface area contributed by atoms with E-state index in [1.807, 2.05) is 0 Å². The standard InChI is InChI=1S/C16H36O4Si.H4O4Si/c1-5-9-13-17-21(18-14-10-6-2,19-15-11-7-3)20-16-12-8-4;1-5(2,3)4/h5-16H2,1-4H3;1-4H. The van der Waals surface area contributed by atoms with E-state index in [1.54, 1.807) is 0 Å². The van der Waals surface area contributed by atoms with Gasteiger partial charge >= 0.3 is 18.1 Å². The summed E-state index contributed by atoms with van der Waals surface area (Å²) in [4.78, 5) is 29.3. The van der Waals surface area contributed by atoms with Gasteiger partial charge in [0, 0.05) is 26.4 Å². The van der Waals surface area contributed by atoms with Gasteiger partial charge in [-0.05, 0) is 25.7 Å². The highest BCUT2D eigenvalue weighted by molar-refractivity contribution is 6.53. The zero-order chi connectivity index (χ0) is 20.3. The summed E-state index contributed by atoms with van der Waals surface area (Å²) in [5, 5.41) is 0. The fourth-order valence-electron chi connectivity index (χ4n) is 1.62. The average molecular weight is 417 g/mol. The summed E-state index contributed by atoms with van der Waals surface area (Å²) in [6.45, 7) is 11.3. The molecule has 0 aromatic heterocycles. The van der Waals surface area contributed by atoms with Crippen LogP contribution in [-0.2, 0) is 17.7 Å². The van der Waals surface area contributed by atoms with Gasteiger partial charge in [0.25, 0.3) is 0 Å². The Balaban J connectivity index is 0. The fraction of sp³-hybridized carbons (Fsp3) is 1.00. The quantitative estimate of drug-likeness (QED) is 0.223. The molecule has 0 aromatic rings. The topological polar surface area (TPSA) is 118 Å². The van der Waals surface area contributed by atoms with Gasteiger partial charge in [-0.25, -0.2) is 0 Å². The molecule has 4 N–H and O–H groups in total. The maximum absolute atomic E-state index is 7.33. The Labute approximate surface area is 161 Å². The Bertz CT molecular complexity index is 238. The number of unbranched alkanes of at least 4 members (excludes halogenated alkanes) is 4. The molecule has 0 atom stereocenters. The van der Waals surface area contributed by atoms with E-state index >= 15 is 0 Å². The third kappa shape index (κ3) is 22.2. The Morgan fingerprint density at radius 3 is 0.846 bits per heavy atom. The predicted molar refractivity (Wildman–Crippen MR) is 104 cm³/mol. The SMILES string of the molecule is CCCCO[Si](OCCCC)(OCCCC)OCCCC.O[Si](O)(O)O. The lowest BCUT2D eigenvalue weighted by atomic mass is 10.4. The van der Waals surface area contributed by atoms with Crippen molar-refractivity contribution in [2.24, 2.45) is 0 Å². The van der Waals surface area contributed by atoms with Crippen LogP contribution >= 0.6 is 0 Å². The van der Waals surface area contributed by atoms with Gasteiger partial charge in [0.1, 0.15) is 0 Å². The van der Waals surface area contributed by atoms with Gasteiger partial charge in [-0.2, -0.15) is 0 Å². The smallest absolute Gasteiger partial charge is 0.368 e. The van der Waals surface area contributed by atoms with Crippen molar-refractivity contribution in [1.82, 2.24) is 0 Å². The van der Waals surface area contributed by atoms with Crippen LogP contribution in [0.5, 0.6) is 0 Å². The molecular weight excluding hydrogens is 376 g/mol. The summed E-state index contributed by atoms with van der Waals surface area (Å²) in [6.07, 6.45) is 8.46. The molecule has 0 radical (unpaired) electrons. The zero-order valence-electron chi connectivity index (χ0n) is 16.9. The molecular formula is C16H40O8Si2. The molecule has 0 fully saturated rings. The van der Waals surface area contributed by atoms with Crippen molar-refractivity contribution in [3.63, 3.8) is 0 Å². The summed E-state index contributed by atoms with van der Waals surface area (Å²) < 4.78 is 23.9. The lowest BCUT2D eigenvalue weighted by molar-refractivity contribution is -0.0368. The minimum absolute atomic E-state index is 0.660. The highest BCUT2D eigenvalue weighted by Crippen LogP contribution is 2.15. The van der Waals surface area contributed by atoms with Crippen LogP contribution < -0.4 is 0 Å². The molecule has 0 aliphatic rings. The summed E-state index contributed by atoms with van der Waals surface area (Å²) >= 11 is 0. The Morgan fingerprint density at radius 1 is 0.500 bits per heavy atom. The first-order chi connectivity index (χ1) is 12.2. The van der Waals surface area contributed by atoms with Crippen LogP contribution in [0.1, 0.15) is 79.1 Å². The highest BCUT2D eigenvalue weighted by atomic mass is 28.4. The molecule has 0 rings (SSSR count). The second-order valence-electron chi connectivity index (χ2n) is 5.91. The average Bonchev–Trinajstić information content (AvgIpc) is 2.54. The van der Waals surface area contributed by atoms with E-state index in [0.717, 1.165) is 51.4 Å². The van der Waals surface area contributed by atoms with Gasteiger partial charge in [-0.15, -0.1) is 0 Å². The van der Waals surface area contributed by atoms with Gasteiger partial charge in [0.15, 0.2) is 0 Å². The third-order valence-corrected chi connectivity index (χ3v) is 5.34. The molecule has 0 amide bonds. The van der Waals surface area contributed by atoms with Crippen molar-refractivity contribution in [3.8, 4) is 0 Å². The molecule has 160 valence electrons. The first kappa shape index (κ1) is 28.3. The molecule has 26 heavy (non-hydrogen) atoms. The van der Waals surface area contributed by atoms with E-state index in [9.17, 15) is 0 Å². The number of hydrogen-bond donors (Lipinski definition) is 4. The van der Waals surface area contributed by atoms with Crippen LogP contribution in [-0.4, -0.2) is 63.7 Å². The van der Waals surface area contributed by atoms with E-state index in [4.69, 9.17) is 36.9 Å². The van der Waals surface area contributed by atoms with E-state index in [1.165, 1.54) is 0 Å². The summed E-state index contributed by atoms with van der Waals surface area (Å²) in [7, 11) is -7.56. The fourth-order valence-corrected chi connectivity index (χ4v) is 3.69. The number of hydrogen-bond acceptors (Lipinski definition) is 8. The van der Waals surface area contributed by atoms with Gasteiger partial charge in [0.05, 0.1) is 0 Å². The maximum atomic E-state index is 7.33. The van der Waals surface area contributed by atoms with Crippen LogP contribution in [0.2, 0.25) is 0 Å². The first-order valence-electron chi connectivity index (χ1n) is 9.69. The molecule has 0 saturated carbocycles. The molecule has 8 nitrogen and oxygen atoms in total. The minimum Gasteiger partial charge on any atom is -0.368 e. The zero-order valence-corrected chi connectivity index (χ0v) is 18.9. The Kier molecular flexibility index (Phi) is 20.1. The van der Waals surface area contributed by atoms with Crippen LogP contribution in [0, 0.1) is 0 Å². The second kappa shape index (κ2) is 18.5. The molecule has 0 aliphatic carbocycles. The molecule has 0 bridgehead atoms. The highest BCUT2D eigenvalue weighted by Gasteiger charge is 2.45. The minimum atomic E-state index is -4.61. The molecule has 10 heteroatoms. The van der Waals surface area contributed by atoms with Crippen molar-refractivity contribution >= 4 is 18.1 Å². The van der Waals surface area contributed by atoms with Gasteiger partial charge in [-0.1, -0.05) is 53.4 Å². The van der Waals surface area contributed by atoms with Gasteiger partial charge in [-0.3, -0.25) is 0 Å². The largest absolute Gasteiger partial charge is 0.679 e. The van der Waals surface area contributed by atoms with E-state index in [0.29, 0.717) is 26.4 Å². The van der Waals surface area contributed by atoms with Crippen LogP contribution in [0.4, 0.5) is 0 Å². The van der Waals surface area contributed by atoms with Gasteiger partial charge in [0.2, 0.25) is 0 Å². The molecule has 0 spiro atoms.